The maximum Gasteiger partial charge on any atom is 0.261 e. The lowest BCUT2D eigenvalue weighted by Crippen LogP contribution is -2.40. The fraction of sp³-hybridized carbons (Fsp3) is 0.400. The highest BCUT2D eigenvalue weighted by Gasteiger charge is 2.29. The second kappa shape index (κ2) is 5.70. The second-order valence-electron chi connectivity index (χ2n) is 4.73. The first-order valence-corrected chi connectivity index (χ1v) is 7.16. The van der Waals surface area contributed by atoms with Crippen LogP contribution < -0.4 is 0 Å². The predicted molar refractivity (Wildman–Crippen MR) is 77.4 cm³/mol. The molecule has 96 valence electrons. The molecule has 1 heterocycles. The summed E-state index contributed by atoms with van der Waals surface area (Å²) in [6.07, 6.45) is 3.09. The minimum absolute atomic E-state index is 0.0936. The highest BCUT2D eigenvalue weighted by molar-refractivity contribution is 9.12. The van der Waals surface area contributed by atoms with Gasteiger partial charge in [0, 0.05) is 6.54 Å². The fourth-order valence-corrected chi connectivity index (χ4v) is 2.90. The van der Waals surface area contributed by atoms with E-state index in [0.717, 1.165) is 13.0 Å². The summed E-state index contributed by atoms with van der Waals surface area (Å²) in [6.45, 7) is 5.05. The summed E-state index contributed by atoms with van der Waals surface area (Å²) in [5.74, 6) is 0.541. The van der Waals surface area contributed by atoms with Gasteiger partial charge in [0.15, 0.2) is 0 Å². The van der Waals surface area contributed by atoms with Crippen LogP contribution in [0.25, 0.3) is 0 Å². The molecule has 1 amide bonds. The molecular weight excluding hydrogens is 290 g/mol. The van der Waals surface area contributed by atoms with Gasteiger partial charge in [0.1, 0.15) is 0 Å². The van der Waals surface area contributed by atoms with Crippen LogP contribution in [0, 0.1) is 5.92 Å². The molecule has 1 aromatic carbocycles. The van der Waals surface area contributed by atoms with Gasteiger partial charge in [0.2, 0.25) is 0 Å². The summed E-state index contributed by atoms with van der Waals surface area (Å²) in [4.78, 5) is 14.2. The Kier molecular flexibility index (Phi) is 4.23. The number of hydrogen-bond donors (Lipinski definition) is 0. The quantitative estimate of drug-likeness (QED) is 0.829. The second-order valence-corrected chi connectivity index (χ2v) is 5.58. The highest BCUT2D eigenvalue weighted by Crippen LogP contribution is 2.30. The van der Waals surface area contributed by atoms with Gasteiger partial charge in [-0.15, -0.1) is 0 Å². The van der Waals surface area contributed by atoms with Crippen LogP contribution in [-0.4, -0.2) is 17.4 Å². The molecular formula is C15H18BrNO. The van der Waals surface area contributed by atoms with Crippen molar-refractivity contribution in [2.24, 2.45) is 5.92 Å². The van der Waals surface area contributed by atoms with E-state index in [0.29, 0.717) is 10.4 Å². The lowest BCUT2D eigenvalue weighted by atomic mass is 9.98. The van der Waals surface area contributed by atoms with E-state index < -0.39 is 0 Å². The molecule has 0 unspecified atom stereocenters. The van der Waals surface area contributed by atoms with Gasteiger partial charge in [0.25, 0.3) is 5.91 Å². The van der Waals surface area contributed by atoms with E-state index in [4.69, 9.17) is 0 Å². The topological polar surface area (TPSA) is 20.3 Å². The van der Waals surface area contributed by atoms with Crippen LogP contribution in [0.5, 0.6) is 0 Å². The zero-order valence-corrected chi connectivity index (χ0v) is 12.4. The minimum Gasteiger partial charge on any atom is -0.331 e. The van der Waals surface area contributed by atoms with E-state index >= 15 is 0 Å². The van der Waals surface area contributed by atoms with Crippen molar-refractivity contribution in [2.75, 3.05) is 6.54 Å². The van der Waals surface area contributed by atoms with Crippen molar-refractivity contribution < 1.29 is 4.79 Å². The van der Waals surface area contributed by atoms with Gasteiger partial charge in [0.05, 0.1) is 10.5 Å². The molecule has 0 radical (unpaired) electrons. The van der Waals surface area contributed by atoms with Crippen LogP contribution in [0.4, 0.5) is 0 Å². The van der Waals surface area contributed by atoms with Gasteiger partial charge in [-0.05, 0) is 40.8 Å². The number of carbonyl (C=O) groups excluding carboxylic acids is 1. The first-order valence-electron chi connectivity index (χ1n) is 6.36. The molecule has 1 aliphatic rings. The van der Waals surface area contributed by atoms with Crippen molar-refractivity contribution in [3.63, 3.8) is 0 Å². The van der Waals surface area contributed by atoms with E-state index in [1.54, 1.807) is 0 Å². The Labute approximate surface area is 117 Å². The number of benzene rings is 1. The summed E-state index contributed by atoms with van der Waals surface area (Å²) in [5, 5.41) is 0. The minimum atomic E-state index is 0.0936. The molecule has 1 aliphatic heterocycles. The summed E-state index contributed by atoms with van der Waals surface area (Å²) in [5.41, 5.74) is 1.18. The summed E-state index contributed by atoms with van der Waals surface area (Å²) in [6, 6.07) is 10.3. The number of hydrogen-bond acceptors (Lipinski definition) is 1. The van der Waals surface area contributed by atoms with E-state index in [1.807, 2.05) is 29.2 Å². The molecule has 0 spiro atoms. The molecule has 18 heavy (non-hydrogen) atoms. The Morgan fingerprint density at radius 2 is 2.06 bits per heavy atom. The SMILES string of the molecule is CC[C@H]1C=C(Br)C(=O)N([C@@H](C)c2ccccc2)C1. The van der Waals surface area contributed by atoms with Gasteiger partial charge in [-0.3, -0.25) is 4.79 Å². The number of halogens is 1. The van der Waals surface area contributed by atoms with E-state index in [9.17, 15) is 4.79 Å². The number of rotatable bonds is 3. The van der Waals surface area contributed by atoms with E-state index in [1.165, 1.54) is 5.56 Å². The molecule has 0 aliphatic carbocycles. The first kappa shape index (κ1) is 13.3. The maximum atomic E-state index is 12.2. The van der Waals surface area contributed by atoms with Crippen molar-refractivity contribution in [3.8, 4) is 0 Å². The molecule has 0 saturated carbocycles. The average molecular weight is 308 g/mol. The monoisotopic (exact) mass is 307 g/mol. The van der Waals surface area contributed by atoms with E-state index in [2.05, 4.69) is 41.9 Å². The Morgan fingerprint density at radius 3 is 2.67 bits per heavy atom. The zero-order chi connectivity index (χ0) is 13.1. The molecule has 0 fully saturated rings. The molecule has 2 atom stereocenters. The van der Waals surface area contributed by atoms with Crippen molar-refractivity contribution in [3.05, 3.63) is 46.5 Å². The summed E-state index contributed by atoms with van der Waals surface area (Å²) < 4.78 is 0.698. The summed E-state index contributed by atoms with van der Waals surface area (Å²) >= 11 is 3.39. The van der Waals surface area contributed by atoms with Crippen molar-refractivity contribution >= 4 is 21.8 Å². The number of nitrogens with zero attached hydrogens (tertiary/aromatic N) is 1. The zero-order valence-electron chi connectivity index (χ0n) is 10.8. The number of amides is 1. The molecule has 3 heteroatoms. The molecule has 0 aromatic heterocycles. The van der Waals surface area contributed by atoms with Gasteiger partial charge >= 0.3 is 0 Å². The van der Waals surface area contributed by atoms with E-state index in [-0.39, 0.29) is 11.9 Å². The van der Waals surface area contributed by atoms with Crippen LogP contribution in [0.3, 0.4) is 0 Å². The molecule has 1 aromatic rings. The lowest BCUT2D eigenvalue weighted by molar-refractivity contribution is -0.129. The largest absolute Gasteiger partial charge is 0.331 e. The smallest absolute Gasteiger partial charge is 0.261 e. The maximum absolute atomic E-state index is 12.2. The summed E-state index contributed by atoms with van der Waals surface area (Å²) in [7, 11) is 0. The third kappa shape index (κ3) is 2.66. The third-order valence-electron chi connectivity index (χ3n) is 3.55. The Balaban J connectivity index is 2.23. The molecule has 0 saturated heterocycles. The van der Waals surface area contributed by atoms with Crippen LogP contribution in [0.1, 0.15) is 31.9 Å². The molecule has 2 nitrogen and oxygen atoms in total. The predicted octanol–water partition coefficient (Wildman–Crippen LogP) is 3.89. The average Bonchev–Trinajstić information content (AvgIpc) is 2.42. The normalized spacial score (nSPS) is 21.7. The Bertz CT molecular complexity index is 455. The highest BCUT2D eigenvalue weighted by atomic mass is 79.9. The van der Waals surface area contributed by atoms with Crippen LogP contribution in [-0.2, 0) is 4.79 Å². The standard InChI is InChI=1S/C15H18BrNO/c1-3-12-9-14(16)15(18)17(10-12)11(2)13-7-5-4-6-8-13/h4-9,11-12H,3,10H2,1-2H3/t11-,12-/m0/s1. The van der Waals surface area contributed by atoms with Crippen molar-refractivity contribution in [2.45, 2.75) is 26.3 Å². The van der Waals surface area contributed by atoms with Crippen molar-refractivity contribution in [1.82, 2.24) is 4.90 Å². The molecule has 0 bridgehead atoms. The first-order chi connectivity index (χ1) is 8.63. The lowest BCUT2D eigenvalue weighted by Gasteiger charge is -2.35. The fourth-order valence-electron chi connectivity index (χ4n) is 2.30. The third-order valence-corrected chi connectivity index (χ3v) is 4.16. The molecule has 2 rings (SSSR count). The number of carbonyl (C=O) groups is 1. The van der Waals surface area contributed by atoms with Crippen LogP contribution in [0.15, 0.2) is 40.9 Å². The van der Waals surface area contributed by atoms with Crippen molar-refractivity contribution in [1.29, 1.82) is 0 Å². The Hall–Kier alpha value is -1.09. The van der Waals surface area contributed by atoms with Crippen LogP contribution in [0.2, 0.25) is 0 Å². The Morgan fingerprint density at radius 1 is 1.39 bits per heavy atom. The molecule has 0 N–H and O–H groups in total. The van der Waals surface area contributed by atoms with Gasteiger partial charge in [-0.25, -0.2) is 0 Å². The van der Waals surface area contributed by atoms with Crippen LogP contribution >= 0.6 is 15.9 Å². The van der Waals surface area contributed by atoms with Gasteiger partial charge < -0.3 is 4.90 Å². The van der Waals surface area contributed by atoms with Gasteiger partial charge in [-0.1, -0.05) is 43.3 Å². The van der Waals surface area contributed by atoms with Gasteiger partial charge in [-0.2, -0.15) is 0 Å².